The fourth-order valence-corrected chi connectivity index (χ4v) is 3.19. The lowest BCUT2D eigenvalue weighted by Gasteiger charge is -2.10. The molecule has 0 unspecified atom stereocenters. The first-order valence-electron chi connectivity index (χ1n) is 6.42. The van der Waals surface area contributed by atoms with Crippen LogP contribution in [0.3, 0.4) is 0 Å². The van der Waals surface area contributed by atoms with Crippen LogP contribution in [0.4, 0.5) is 5.69 Å². The molecule has 0 radical (unpaired) electrons. The van der Waals surface area contributed by atoms with Crippen molar-refractivity contribution in [2.24, 2.45) is 7.05 Å². The molecule has 1 N–H and O–H groups in total. The number of aromatic nitrogens is 2. The predicted molar refractivity (Wildman–Crippen MR) is 87.9 cm³/mol. The van der Waals surface area contributed by atoms with Gasteiger partial charge in [0.15, 0.2) is 9.84 Å². The SMILES string of the molecule is Cc1ccc(S(C)(=O)=O)cc1NC(=O)c1c(Br)c(C)nn1C. The van der Waals surface area contributed by atoms with E-state index in [0.717, 1.165) is 11.8 Å². The first-order chi connectivity index (χ1) is 10.1. The summed E-state index contributed by atoms with van der Waals surface area (Å²) in [6, 6.07) is 4.64. The topological polar surface area (TPSA) is 81.1 Å². The Labute approximate surface area is 137 Å². The van der Waals surface area contributed by atoms with Crippen molar-refractivity contribution in [1.29, 1.82) is 0 Å². The number of carbonyl (C=O) groups is 1. The van der Waals surface area contributed by atoms with E-state index in [0.29, 0.717) is 21.5 Å². The third-order valence-corrected chi connectivity index (χ3v) is 5.31. The Morgan fingerprint density at radius 3 is 2.45 bits per heavy atom. The number of carbonyl (C=O) groups excluding carboxylic acids is 1. The monoisotopic (exact) mass is 385 g/mol. The fraction of sp³-hybridized carbons (Fsp3) is 0.286. The number of hydrogen-bond acceptors (Lipinski definition) is 4. The van der Waals surface area contributed by atoms with Gasteiger partial charge in [-0.15, -0.1) is 0 Å². The highest BCUT2D eigenvalue weighted by atomic mass is 79.9. The number of nitrogens with one attached hydrogen (secondary N) is 1. The highest BCUT2D eigenvalue weighted by Crippen LogP contribution is 2.24. The van der Waals surface area contributed by atoms with Gasteiger partial charge in [-0.2, -0.15) is 5.10 Å². The number of benzene rings is 1. The van der Waals surface area contributed by atoms with Crippen LogP contribution in [-0.4, -0.2) is 30.4 Å². The van der Waals surface area contributed by atoms with Crippen molar-refractivity contribution in [2.45, 2.75) is 18.7 Å². The van der Waals surface area contributed by atoms with Crippen LogP contribution >= 0.6 is 15.9 Å². The molecule has 22 heavy (non-hydrogen) atoms. The summed E-state index contributed by atoms with van der Waals surface area (Å²) in [4.78, 5) is 12.6. The molecule has 0 saturated carbocycles. The van der Waals surface area contributed by atoms with Gasteiger partial charge in [0.2, 0.25) is 0 Å². The molecule has 2 aromatic rings. The van der Waals surface area contributed by atoms with Crippen molar-refractivity contribution in [3.05, 3.63) is 39.6 Å². The van der Waals surface area contributed by atoms with E-state index in [1.165, 1.54) is 16.8 Å². The van der Waals surface area contributed by atoms with E-state index in [1.54, 1.807) is 27.0 Å². The number of nitrogens with zero attached hydrogens (tertiary/aromatic N) is 2. The molecule has 0 aliphatic carbocycles. The summed E-state index contributed by atoms with van der Waals surface area (Å²) >= 11 is 3.34. The van der Waals surface area contributed by atoms with Crippen LogP contribution in [0.1, 0.15) is 21.7 Å². The molecule has 0 saturated heterocycles. The standard InChI is InChI=1S/C14H16BrN3O3S/c1-8-5-6-10(22(4,20)21)7-11(8)16-14(19)13-12(15)9(2)17-18(13)3/h5-7H,1-4H3,(H,16,19). The number of hydrogen-bond donors (Lipinski definition) is 1. The molecule has 1 aromatic carbocycles. The molecule has 2 rings (SSSR count). The van der Waals surface area contributed by atoms with Crippen molar-refractivity contribution < 1.29 is 13.2 Å². The zero-order chi connectivity index (χ0) is 16.7. The first-order valence-corrected chi connectivity index (χ1v) is 9.11. The van der Waals surface area contributed by atoms with E-state index >= 15 is 0 Å². The lowest BCUT2D eigenvalue weighted by Crippen LogP contribution is -2.17. The largest absolute Gasteiger partial charge is 0.320 e. The van der Waals surface area contributed by atoms with E-state index in [1.807, 2.05) is 0 Å². The van der Waals surface area contributed by atoms with Crippen LogP contribution in [0, 0.1) is 13.8 Å². The summed E-state index contributed by atoms with van der Waals surface area (Å²) < 4.78 is 25.4. The van der Waals surface area contributed by atoms with Gasteiger partial charge in [-0.1, -0.05) is 6.07 Å². The van der Waals surface area contributed by atoms with Crippen LogP contribution in [-0.2, 0) is 16.9 Å². The smallest absolute Gasteiger partial charge is 0.275 e. The third-order valence-electron chi connectivity index (χ3n) is 3.25. The number of aryl methyl sites for hydroxylation is 3. The minimum atomic E-state index is -3.33. The Kier molecular flexibility index (Phi) is 4.44. The summed E-state index contributed by atoms with van der Waals surface area (Å²) in [5, 5.41) is 6.91. The highest BCUT2D eigenvalue weighted by molar-refractivity contribution is 9.10. The Bertz CT molecular complexity index is 856. The Morgan fingerprint density at radius 2 is 1.95 bits per heavy atom. The van der Waals surface area contributed by atoms with Crippen LogP contribution in [0.2, 0.25) is 0 Å². The number of amides is 1. The maximum atomic E-state index is 12.4. The second-order valence-electron chi connectivity index (χ2n) is 5.07. The van der Waals surface area contributed by atoms with Crippen molar-refractivity contribution >= 4 is 37.4 Å². The molecule has 1 heterocycles. The molecular weight excluding hydrogens is 370 g/mol. The van der Waals surface area contributed by atoms with E-state index in [-0.39, 0.29) is 10.8 Å². The quantitative estimate of drug-likeness (QED) is 0.879. The van der Waals surface area contributed by atoms with Crippen LogP contribution in [0.25, 0.3) is 0 Å². The zero-order valence-corrected chi connectivity index (χ0v) is 15.0. The third kappa shape index (κ3) is 3.22. The van der Waals surface area contributed by atoms with E-state index in [2.05, 4.69) is 26.3 Å². The maximum absolute atomic E-state index is 12.4. The second-order valence-corrected chi connectivity index (χ2v) is 7.88. The second kappa shape index (κ2) is 5.85. The summed E-state index contributed by atoms with van der Waals surface area (Å²) in [6.45, 7) is 3.58. The molecule has 0 spiro atoms. The normalized spacial score (nSPS) is 11.5. The minimum Gasteiger partial charge on any atom is -0.320 e. The molecule has 118 valence electrons. The molecule has 0 bridgehead atoms. The van der Waals surface area contributed by atoms with Crippen molar-refractivity contribution in [2.75, 3.05) is 11.6 Å². The van der Waals surface area contributed by atoms with Crippen LogP contribution in [0.5, 0.6) is 0 Å². The molecule has 0 aliphatic rings. The minimum absolute atomic E-state index is 0.161. The van der Waals surface area contributed by atoms with Gasteiger partial charge in [0.1, 0.15) is 5.69 Å². The zero-order valence-electron chi connectivity index (χ0n) is 12.6. The van der Waals surface area contributed by atoms with Crippen molar-refractivity contribution in [3.8, 4) is 0 Å². The van der Waals surface area contributed by atoms with Gasteiger partial charge in [0.25, 0.3) is 5.91 Å². The molecule has 1 amide bonds. The van der Waals surface area contributed by atoms with Gasteiger partial charge in [-0.05, 0) is 47.5 Å². The number of sulfone groups is 1. The van der Waals surface area contributed by atoms with Gasteiger partial charge in [-0.25, -0.2) is 8.42 Å². The molecule has 1 aromatic heterocycles. The molecule has 0 aliphatic heterocycles. The van der Waals surface area contributed by atoms with Gasteiger partial charge in [-0.3, -0.25) is 9.48 Å². The van der Waals surface area contributed by atoms with Gasteiger partial charge < -0.3 is 5.32 Å². The van der Waals surface area contributed by atoms with E-state index in [9.17, 15) is 13.2 Å². The average Bonchev–Trinajstić information content (AvgIpc) is 2.64. The summed E-state index contributed by atoms with van der Waals surface area (Å²) in [7, 11) is -1.66. The highest BCUT2D eigenvalue weighted by Gasteiger charge is 2.19. The lowest BCUT2D eigenvalue weighted by atomic mass is 10.2. The van der Waals surface area contributed by atoms with Crippen molar-refractivity contribution in [3.63, 3.8) is 0 Å². The Balaban J connectivity index is 2.40. The number of anilines is 1. The van der Waals surface area contributed by atoms with E-state index in [4.69, 9.17) is 0 Å². The van der Waals surface area contributed by atoms with Gasteiger partial charge >= 0.3 is 0 Å². The Hall–Kier alpha value is -1.67. The van der Waals surface area contributed by atoms with Crippen LogP contribution < -0.4 is 5.32 Å². The van der Waals surface area contributed by atoms with Crippen LogP contribution in [0.15, 0.2) is 27.6 Å². The van der Waals surface area contributed by atoms with E-state index < -0.39 is 9.84 Å². The van der Waals surface area contributed by atoms with Crippen molar-refractivity contribution in [1.82, 2.24) is 9.78 Å². The molecule has 8 heteroatoms. The number of rotatable bonds is 3. The number of halogens is 1. The lowest BCUT2D eigenvalue weighted by molar-refractivity contribution is 0.101. The molecule has 0 atom stereocenters. The Morgan fingerprint density at radius 1 is 1.32 bits per heavy atom. The fourth-order valence-electron chi connectivity index (χ4n) is 2.03. The van der Waals surface area contributed by atoms with Gasteiger partial charge in [0.05, 0.1) is 15.1 Å². The summed E-state index contributed by atoms with van der Waals surface area (Å²) in [5.74, 6) is -0.358. The average molecular weight is 386 g/mol. The maximum Gasteiger partial charge on any atom is 0.275 e. The summed E-state index contributed by atoms with van der Waals surface area (Å²) in [6.07, 6.45) is 1.13. The first kappa shape index (κ1) is 16.7. The molecule has 0 fully saturated rings. The molecule has 6 nitrogen and oxygen atoms in total. The summed E-state index contributed by atoms with van der Waals surface area (Å²) in [5.41, 5.74) is 2.31. The molecular formula is C14H16BrN3O3S. The van der Waals surface area contributed by atoms with Gasteiger partial charge in [0, 0.05) is 19.0 Å². The predicted octanol–water partition coefficient (Wildman–Crippen LogP) is 2.46.